The van der Waals surface area contributed by atoms with E-state index in [0.717, 1.165) is 12.1 Å². The van der Waals surface area contributed by atoms with Gasteiger partial charge >= 0.3 is 12.3 Å². The first kappa shape index (κ1) is 29.8. The number of ether oxygens (including phenoxy) is 1. The van der Waals surface area contributed by atoms with Crippen molar-refractivity contribution in [2.45, 2.75) is 24.8 Å². The second-order valence-corrected chi connectivity index (χ2v) is 9.15. The number of carboxylic acids is 1. The highest BCUT2D eigenvalue weighted by molar-refractivity contribution is 6.35. The highest BCUT2D eigenvalue weighted by atomic mass is 35.5. The fourth-order valence-electron chi connectivity index (χ4n) is 3.53. The number of rotatable bonds is 10. The Morgan fingerprint density at radius 1 is 0.923 bits per heavy atom. The average Bonchev–Trinajstić information content (AvgIpc) is 2.85. The SMILES string of the molecule is O=C(NCC(O)C(=O)O)c1ccc(CC(C(=O)Nc2cc(Cl)cc(Cl)c2)c2ccc(OC(F)(F)F)cc2)cc1. The van der Waals surface area contributed by atoms with E-state index in [2.05, 4.69) is 15.4 Å². The molecule has 2 atom stereocenters. The van der Waals surface area contributed by atoms with Crippen LogP contribution in [0.2, 0.25) is 10.0 Å². The lowest BCUT2D eigenvalue weighted by atomic mass is 9.90. The number of aliphatic hydroxyl groups excluding tert-OH is 1. The Kier molecular flexibility index (Phi) is 9.79. The zero-order valence-corrected chi connectivity index (χ0v) is 21.3. The molecule has 2 amide bonds. The van der Waals surface area contributed by atoms with Gasteiger partial charge in [0.15, 0.2) is 6.10 Å². The summed E-state index contributed by atoms with van der Waals surface area (Å²) in [6.07, 6.45) is -6.53. The minimum absolute atomic E-state index is 0.0965. The summed E-state index contributed by atoms with van der Waals surface area (Å²) in [5.41, 5.74) is 1.49. The molecule has 0 saturated carbocycles. The standard InChI is InChI=1S/C26H21Cl2F3N2O6/c27-17-10-18(28)12-19(11-17)33-24(36)21(15-5-7-20(8-6-15)39-26(29,30)31)9-14-1-3-16(4-2-14)23(35)32-13-22(34)25(37)38/h1-8,10-12,21-22,34H,9,13H2,(H,32,35)(H,33,36)(H,37,38). The Morgan fingerprint density at radius 2 is 1.51 bits per heavy atom. The quantitative estimate of drug-likeness (QED) is 0.265. The van der Waals surface area contributed by atoms with E-state index in [1.54, 1.807) is 12.1 Å². The fourth-order valence-corrected chi connectivity index (χ4v) is 4.05. The van der Waals surface area contributed by atoms with Crippen LogP contribution in [0.4, 0.5) is 18.9 Å². The molecule has 0 spiro atoms. The van der Waals surface area contributed by atoms with Gasteiger partial charge < -0.3 is 25.6 Å². The molecule has 13 heteroatoms. The maximum absolute atomic E-state index is 13.3. The third-order valence-corrected chi connectivity index (χ3v) is 5.80. The molecule has 0 aromatic heterocycles. The molecule has 0 fully saturated rings. The van der Waals surface area contributed by atoms with Crippen molar-refractivity contribution in [2.75, 3.05) is 11.9 Å². The van der Waals surface area contributed by atoms with Gasteiger partial charge in [0.2, 0.25) is 5.91 Å². The van der Waals surface area contributed by atoms with E-state index in [9.17, 15) is 32.7 Å². The number of carboxylic acid groups (broad SMARTS) is 1. The number of halogens is 5. The maximum Gasteiger partial charge on any atom is 0.573 e. The normalized spacial score (nSPS) is 12.8. The van der Waals surface area contributed by atoms with Gasteiger partial charge in [-0.2, -0.15) is 0 Å². The van der Waals surface area contributed by atoms with Gasteiger partial charge in [-0.3, -0.25) is 9.59 Å². The van der Waals surface area contributed by atoms with Crippen LogP contribution >= 0.6 is 23.2 Å². The summed E-state index contributed by atoms with van der Waals surface area (Å²) >= 11 is 12.0. The summed E-state index contributed by atoms with van der Waals surface area (Å²) < 4.78 is 41.6. The maximum atomic E-state index is 13.3. The number of hydrogen-bond acceptors (Lipinski definition) is 5. The zero-order valence-electron chi connectivity index (χ0n) is 19.8. The van der Waals surface area contributed by atoms with Crippen molar-refractivity contribution in [1.82, 2.24) is 5.32 Å². The number of carbonyl (C=O) groups is 3. The Balaban J connectivity index is 1.81. The topological polar surface area (TPSA) is 125 Å². The van der Waals surface area contributed by atoms with Crippen LogP contribution in [-0.2, 0) is 16.0 Å². The van der Waals surface area contributed by atoms with Crippen LogP contribution in [0.15, 0.2) is 66.7 Å². The van der Waals surface area contributed by atoms with Crippen LogP contribution in [0, 0.1) is 0 Å². The second kappa shape index (κ2) is 12.8. The van der Waals surface area contributed by atoms with Gasteiger partial charge in [0.1, 0.15) is 5.75 Å². The van der Waals surface area contributed by atoms with E-state index in [4.69, 9.17) is 28.3 Å². The first-order valence-electron chi connectivity index (χ1n) is 11.2. The monoisotopic (exact) mass is 584 g/mol. The molecule has 0 radical (unpaired) electrons. The lowest BCUT2D eigenvalue weighted by Crippen LogP contribution is -2.36. The van der Waals surface area contributed by atoms with E-state index < -0.39 is 48.5 Å². The number of aliphatic carboxylic acids is 1. The van der Waals surface area contributed by atoms with Crippen molar-refractivity contribution in [3.05, 3.63) is 93.5 Å². The fraction of sp³-hybridized carbons (Fsp3) is 0.192. The lowest BCUT2D eigenvalue weighted by molar-refractivity contribution is -0.274. The molecule has 0 heterocycles. The Bertz CT molecular complexity index is 1310. The smallest absolute Gasteiger partial charge is 0.479 e. The van der Waals surface area contributed by atoms with Crippen molar-refractivity contribution in [3.8, 4) is 5.75 Å². The van der Waals surface area contributed by atoms with Gasteiger partial charge in [0, 0.05) is 21.3 Å². The molecule has 0 saturated heterocycles. The summed E-state index contributed by atoms with van der Waals surface area (Å²) in [7, 11) is 0. The highest BCUT2D eigenvalue weighted by Gasteiger charge is 2.31. The summed E-state index contributed by atoms with van der Waals surface area (Å²) in [4.78, 5) is 36.2. The summed E-state index contributed by atoms with van der Waals surface area (Å²) in [6, 6.07) is 15.4. The van der Waals surface area contributed by atoms with Gasteiger partial charge in [-0.25, -0.2) is 4.79 Å². The first-order chi connectivity index (χ1) is 18.3. The van der Waals surface area contributed by atoms with Crippen molar-refractivity contribution < 1.29 is 42.5 Å². The summed E-state index contributed by atoms with van der Waals surface area (Å²) in [5.74, 6) is -3.92. The largest absolute Gasteiger partial charge is 0.573 e. The van der Waals surface area contributed by atoms with Crippen molar-refractivity contribution in [2.24, 2.45) is 0 Å². The van der Waals surface area contributed by atoms with Crippen LogP contribution < -0.4 is 15.4 Å². The molecule has 0 aliphatic carbocycles. The van der Waals surface area contributed by atoms with Crippen LogP contribution in [0.3, 0.4) is 0 Å². The van der Waals surface area contributed by atoms with Gasteiger partial charge in [0.05, 0.1) is 12.5 Å². The predicted molar refractivity (Wildman–Crippen MR) is 137 cm³/mol. The van der Waals surface area contributed by atoms with Crippen LogP contribution in [0.25, 0.3) is 0 Å². The number of anilines is 1. The zero-order chi connectivity index (χ0) is 28.7. The third-order valence-electron chi connectivity index (χ3n) is 5.36. The molecular weight excluding hydrogens is 564 g/mol. The minimum Gasteiger partial charge on any atom is -0.479 e. The Labute approximate surface area is 230 Å². The molecular formula is C26H21Cl2F3N2O6. The molecule has 0 aliphatic heterocycles. The van der Waals surface area contributed by atoms with Crippen molar-refractivity contribution >= 4 is 46.7 Å². The van der Waals surface area contributed by atoms with Gasteiger partial charge in [-0.05, 0) is 60.0 Å². The predicted octanol–water partition coefficient (Wildman–Crippen LogP) is 5.03. The highest BCUT2D eigenvalue weighted by Crippen LogP contribution is 2.29. The number of benzene rings is 3. The molecule has 8 nitrogen and oxygen atoms in total. The van der Waals surface area contributed by atoms with Crippen LogP contribution in [0.5, 0.6) is 5.75 Å². The molecule has 0 bridgehead atoms. The molecule has 2 unspecified atom stereocenters. The van der Waals surface area contributed by atoms with Gasteiger partial charge in [-0.15, -0.1) is 13.2 Å². The van der Waals surface area contributed by atoms with E-state index in [1.807, 2.05) is 0 Å². The third kappa shape index (κ3) is 9.17. The van der Waals surface area contributed by atoms with Crippen LogP contribution in [-0.4, -0.2) is 47.0 Å². The average molecular weight is 585 g/mol. The molecule has 0 aliphatic rings. The first-order valence-corrected chi connectivity index (χ1v) is 12.0. The van der Waals surface area contributed by atoms with E-state index >= 15 is 0 Å². The van der Waals surface area contributed by atoms with Crippen molar-refractivity contribution in [1.29, 1.82) is 0 Å². The summed E-state index contributed by atoms with van der Waals surface area (Å²) in [6.45, 7) is -0.486. The van der Waals surface area contributed by atoms with E-state index in [-0.39, 0.29) is 22.0 Å². The van der Waals surface area contributed by atoms with Gasteiger partial charge in [-0.1, -0.05) is 47.5 Å². The molecule has 206 valence electrons. The minimum atomic E-state index is -4.87. The Hall–Kier alpha value is -3.80. The van der Waals surface area contributed by atoms with Gasteiger partial charge in [0.25, 0.3) is 5.91 Å². The van der Waals surface area contributed by atoms with E-state index in [0.29, 0.717) is 16.8 Å². The molecule has 3 aromatic carbocycles. The number of carbonyl (C=O) groups excluding carboxylic acids is 2. The van der Waals surface area contributed by atoms with E-state index in [1.165, 1.54) is 42.5 Å². The number of amides is 2. The molecule has 3 aromatic rings. The number of alkyl halides is 3. The lowest BCUT2D eigenvalue weighted by Gasteiger charge is -2.19. The molecule has 3 rings (SSSR count). The summed E-state index contributed by atoms with van der Waals surface area (Å²) in [5, 5.41) is 23.6. The number of hydrogen-bond donors (Lipinski definition) is 4. The Morgan fingerprint density at radius 3 is 2.05 bits per heavy atom. The number of nitrogens with one attached hydrogen (secondary N) is 2. The number of aliphatic hydroxyl groups is 1. The van der Waals surface area contributed by atoms with Crippen LogP contribution in [0.1, 0.15) is 27.4 Å². The molecule has 39 heavy (non-hydrogen) atoms. The second-order valence-electron chi connectivity index (χ2n) is 8.28. The molecule has 4 N–H and O–H groups in total. The van der Waals surface area contributed by atoms with Crippen molar-refractivity contribution in [3.63, 3.8) is 0 Å².